The quantitative estimate of drug-likeness (QED) is 0.883. The second kappa shape index (κ2) is 5.27. The molecular weight excluding hydrogens is 231 g/mol. The van der Waals surface area contributed by atoms with Gasteiger partial charge in [0.2, 0.25) is 0 Å². The molecule has 5 heteroatoms. The van der Waals surface area contributed by atoms with Gasteiger partial charge in [-0.3, -0.25) is 4.79 Å². The molecule has 0 aliphatic carbocycles. The number of likely N-dealkylation sites (N-methyl/N-ethyl adjacent to an activating group) is 1. The van der Waals surface area contributed by atoms with Gasteiger partial charge < -0.3 is 10.6 Å². The summed E-state index contributed by atoms with van der Waals surface area (Å²) in [6.45, 7) is 2.15. The Kier molecular flexibility index (Phi) is 4.26. The summed E-state index contributed by atoms with van der Waals surface area (Å²) in [7, 11) is 1.61. The Labute approximate surface area is 99.0 Å². The van der Waals surface area contributed by atoms with E-state index < -0.39 is 5.82 Å². The summed E-state index contributed by atoms with van der Waals surface area (Å²) in [6, 6.07) is 4.04. The van der Waals surface area contributed by atoms with E-state index in [1.165, 1.54) is 23.1 Å². The van der Waals surface area contributed by atoms with E-state index in [-0.39, 0.29) is 22.5 Å². The molecule has 1 amide bonds. The van der Waals surface area contributed by atoms with Crippen molar-refractivity contribution in [2.75, 3.05) is 13.6 Å². The number of hydrogen-bond donors (Lipinski definition) is 1. The molecule has 0 saturated heterocycles. The van der Waals surface area contributed by atoms with Gasteiger partial charge >= 0.3 is 0 Å². The zero-order valence-electron chi connectivity index (χ0n) is 9.21. The maximum Gasteiger partial charge on any atom is 0.255 e. The van der Waals surface area contributed by atoms with E-state index >= 15 is 0 Å². The lowest BCUT2D eigenvalue weighted by molar-refractivity contribution is 0.0748. The van der Waals surface area contributed by atoms with Crippen molar-refractivity contribution in [3.05, 3.63) is 34.6 Å². The van der Waals surface area contributed by atoms with E-state index in [1.54, 1.807) is 7.05 Å². The summed E-state index contributed by atoms with van der Waals surface area (Å²) in [4.78, 5) is 13.4. The predicted molar refractivity (Wildman–Crippen MR) is 62.0 cm³/mol. The zero-order valence-corrected chi connectivity index (χ0v) is 9.96. The van der Waals surface area contributed by atoms with Crippen molar-refractivity contribution >= 4 is 17.5 Å². The molecule has 0 radical (unpaired) electrons. The van der Waals surface area contributed by atoms with E-state index in [4.69, 9.17) is 17.3 Å². The summed E-state index contributed by atoms with van der Waals surface area (Å²) < 4.78 is 13.2. The Morgan fingerprint density at radius 2 is 2.25 bits per heavy atom. The molecule has 88 valence electrons. The molecule has 1 aromatic carbocycles. The van der Waals surface area contributed by atoms with E-state index in [0.717, 1.165) is 0 Å². The van der Waals surface area contributed by atoms with Crippen LogP contribution in [-0.2, 0) is 0 Å². The molecule has 16 heavy (non-hydrogen) atoms. The molecule has 0 aliphatic rings. The first-order valence-electron chi connectivity index (χ1n) is 4.90. The summed E-state index contributed by atoms with van der Waals surface area (Å²) in [5, 5.41) is -0.149. The second-order valence-electron chi connectivity index (χ2n) is 3.60. The molecule has 0 saturated carbocycles. The first-order valence-corrected chi connectivity index (χ1v) is 5.28. The number of amides is 1. The third-order valence-electron chi connectivity index (χ3n) is 2.50. The van der Waals surface area contributed by atoms with Gasteiger partial charge in [0.25, 0.3) is 5.91 Å². The number of rotatable bonds is 3. The number of hydrogen-bond acceptors (Lipinski definition) is 2. The van der Waals surface area contributed by atoms with Crippen LogP contribution in [-0.4, -0.2) is 30.4 Å². The van der Waals surface area contributed by atoms with Gasteiger partial charge in [-0.25, -0.2) is 4.39 Å². The summed E-state index contributed by atoms with van der Waals surface area (Å²) in [6.07, 6.45) is 0. The second-order valence-corrected chi connectivity index (χ2v) is 3.98. The van der Waals surface area contributed by atoms with Crippen LogP contribution in [0.1, 0.15) is 17.3 Å². The molecule has 1 aromatic rings. The molecule has 0 spiro atoms. The Hall–Kier alpha value is -1.13. The van der Waals surface area contributed by atoms with Gasteiger partial charge in [-0.2, -0.15) is 0 Å². The number of benzene rings is 1. The largest absolute Gasteiger partial charge is 0.338 e. The summed E-state index contributed by atoms with van der Waals surface area (Å²) in [5.74, 6) is -0.927. The van der Waals surface area contributed by atoms with Crippen molar-refractivity contribution in [1.82, 2.24) is 4.90 Å². The van der Waals surface area contributed by atoms with Crippen LogP contribution in [0.2, 0.25) is 5.02 Å². The van der Waals surface area contributed by atoms with Crippen molar-refractivity contribution in [1.29, 1.82) is 0 Å². The van der Waals surface area contributed by atoms with Gasteiger partial charge in [-0.05, 0) is 19.1 Å². The van der Waals surface area contributed by atoms with Crippen LogP contribution in [0.25, 0.3) is 0 Å². The van der Waals surface area contributed by atoms with Crippen molar-refractivity contribution in [3.63, 3.8) is 0 Å². The highest BCUT2D eigenvalue weighted by atomic mass is 35.5. The van der Waals surface area contributed by atoms with Crippen molar-refractivity contribution in [2.45, 2.75) is 13.0 Å². The minimum absolute atomic E-state index is 0.119. The third-order valence-corrected chi connectivity index (χ3v) is 2.89. The smallest absolute Gasteiger partial charge is 0.255 e. The SMILES string of the molecule is CC(CN)N(C)C(=O)c1cccc(F)c1Cl. The third kappa shape index (κ3) is 2.51. The van der Waals surface area contributed by atoms with Crippen LogP contribution < -0.4 is 5.73 Å². The van der Waals surface area contributed by atoms with Gasteiger partial charge in [-0.1, -0.05) is 17.7 Å². The van der Waals surface area contributed by atoms with Crippen molar-refractivity contribution in [3.8, 4) is 0 Å². The highest BCUT2D eigenvalue weighted by Gasteiger charge is 2.20. The van der Waals surface area contributed by atoms with Gasteiger partial charge in [0, 0.05) is 19.6 Å². The molecule has 2 N–H and O–H groups in total. The average Bonchev–Trinajstić information content (AvgIpc) is 2.29. The van der Waals surface area contributed by atoms with E-state index in [1.807, 2.05) is 6.92 Å². The minimum atomic E-state index is -0.596. The molecule has 1 unspecified atom stereocenters. The molecule has 0 bridgehead atoms. The Morgan fingerprint density at radius 3 is 2.81 bits per heavy atom. The average molecular weight is 245 g/mol. The number of halogens is 2. The lowest BCUT2D eigenvalue weighted by Gasteiger charge is -2.24. The fourth-order valence-electron chi connectivity index (χ4n) is 1.22. The highest BCUT2D eigenvalue weighted by Crippen LogP contribution is 2.21. The lowest BCUT2D eigenvalue weighted by atomic mass is 10.1. The molecule has 0 aliphatic heterocycles. The first kappa shape index (κ1) is 12.9. The van der Waals surface area contributed by atoms with Crippen LogP contribution in [0.4, 0.5) is 4.39 Å². The zero-order chi connectivity index (χ0) is 12.3. The predicted octanol–water partition coefficient (Wildman–Crippen LogP) is 1.90. The maximum atomic E-state index is 13.2. The normalized spacial score (nSPS) is 12.3. The Bertz CT molecular complexity index is 398. The minimum Gasteiger partial charge on any atom is -0.338 e. The van der Waals surface area contributed by atoms with Gasteiger partial charge in [0.05, 0.1) is 10.6 Å². The van der Waals surface area contributed by atoms with Gasteiger partial charge in [-0.15, -0.1) is 0 Å². The molecular formula is C11H14ClFN2O. The van der Waals surface area contributed by atoms with Crippen LogP contribution in [0.5, 0.6) is 0 Å². The number of nitrogens with zero attached hydrogens (tertiary/aromatic N) is 1. The van der Waals surface area contributed by atoms with Gasteiger partial charge in [0.1, 0.15) is 5.82 Å². The molecule has 0 fully saturated rings. The molecule has 3 nitrogen and oxygen atoms in total. The fourth-order valence-corrected chi connectivity index (χ4v) is 1.42. The molecule has 0 aromatic heterocycles. The molecule has 0 heterocycles. The van der Waals surface area contributed by atoms with Gasteiger partial charge in [0.15, 0.2) is 0 Å². The lowest BCUT2D eigenvalue weighted by Crippen LogP contribution is -2.39. The fraction of sp³-hybridized carbons (Fsp3) is 0.364. The maximum absolute atomic E-state index is 13.2. The number of carbonyl (C=O) groups is 1. The Balaban J connectivity index is 3.01. The summed E-state index contributed by atoms with van der Waals surface area (Å²) >= 11 is 5.73. The Morgan fingerprint density at radius 1 is 1.62 bits per heavy atom. The van der Waals surface area contributed by atoms with Crippen LogP contribution in [0.15, 0.2) is 18.2 Å². The number of nitrogens with two attached hydrogens (primary N) is 1. The van der Waals surface area contributed by atoms with Crippen LogP contribution in [0.3, 0.4) is 0 Å². The van der Waals surface area contributed by atoms with E-state index in [0.29, 0.717) is 6.54 Å². The topological polar surface area (TPSA) is 46.3 Å². The van der Waals surface area contributed by atoms with Crippen molar-refractivity contribution in [2.24, 2.45) is 5.73 Å². The monoisotopic (exact) mass is 244 g/mol. The standard InChI is InChI=1S/C11H14ClFN2O/c1-7(6-14)15(2)11(16)8-4-3-5-9(13)10(8)12/h3-5,7H,6,14H2,1-2H3. The molecule has 1 rings (SSSR count). The highest BCUT2D eigenvalue weighted by molar-refractivity contribution is 6.34. The summed E-state index contributed by atoms with van der Waals surface area (Å²) in [5.41, 5.74) is 5.61. The van der Waals surface area contributed by atoms with E-state index in [2.05, 4.69) is 0 Å². The van der Waals surface area contributed by atoms with Crippen molar-refractivity contribution < 1.29 is 9.18 Å². The van der Waals surface area contributed by atoms with Crippen LogP contribution in [0, 0.1) is 5.82 Å². The van der Waals surface area contributed by atoms with Crippen LogP contribution >= 0.6 is 11.6 Å². The number of carbonyl (C=O) groups excluding carboxylic acids is 1. The molecule has 1 atom stereocenters. The van der Waals surface area contributed by atoms with E-state index in [9.17, 15) is 9.18 Å². The first-order chi connectivity index (χ1) is 7.49.